The first-order valence-corrected chi connectivity index (χ1v) is 7.41. The molecule has 6 heteroatoms. The normalized spacial score (nSPS) is 14.6. The number of pyridine rings is 1. The van der Waals surface area contributed by atoms with E-state index >= 15 is 0 Å². The first kappa shape index (κ1) is 15.3. The first-order chi connectivity index (χ1) is 10.1. The van der Waals surface area contributed by atoms with Crippen molar-refractivity contribution in [3.05, 3.63) is 23.9 Å². The summed E-state index contributed by atoms with van der Waals surface area (Å²) in [5.74, 6) is 0.624. The molecule has 1 fully saturated rings. The van der Waals surface area contributed by atoms with E-state index in [2.05, 4.69) is 15.6 Å². The van der Waals surface area contributed by atoms with Crippen molar-refractivity contribution in [2.75, 3.05) is 25.0 Å². The van der Waals surface area contributed by atoms with Crippen molar-refractivity contribution in [1.82, 2.24) is 15.2 Å². The Bertz CT molecular complexity index is 498. The lowest BCUT2D eigenvalue weighted by atomic mass is 10.1. The van der Waals surface area contributed by atoms with Gasteiger partial charge in [0.15, 0.2) is 0 Å². The molecule has 0 bridgehead atoms. The summed E-state index contributed by atoms with van der Waals surface area (Å²) in [6.45, 7) is 3.89. The van der Waals surface area contributed by atoms with Crippen LogP contribution in [-0.2, 0) is 4.79 Å². The molecule has 0 atom stereocenters. The van der Waals surface area contributed by atoms with Crippen LogP contribution >= 0.6 is 0 Å². The number of piperidine rings is 1. The molecule has 1 aliphatic rings. The number of rotatable bonds is 4. The lowest BCUT2D eigenvalue weighted by Gasteiger charge is -2.26. The molecule has 1 aliphatic heterocycles. The molecule has 0 unspecified atom stereocenters. The average Bonchev–Trinajstić information content (AvgIpc) is 2.48. The van der Waals surface area contributed by atoms with Gasteiger partial charge in [0.25, 0.3) is 0 Å². The van der Waals surface area contributed by atoms with Crippen LogP contribution in [0, 0.1) is 6.92 Å². The highest BCUT2D eigenvalue weighted by Crippen LogP contribution is 2.09. The molecule has 1 aromatic rings. The first-order valence-electron chi connectivity index (χ1n) is 7.41. The number of aromatic nitrogens is 1. The molecule has 0 aliphatic carbocycles. The monoisotopic (exact) mass is 290 g/mol. The largest absolute Gasteiger partial charge is 0.343 e. The number of carbonyl (C=O) groups is 2. The van der Waals surface area contributed by atoms with Crippen molar-refractivity contribution in [3.63, 3.8) is 0 Å². The molecule has 1 aromatic heterocycles. The second kappa shape index (κ2) is 7.61. The van der Waals surface area contributed by atoms with Gasteiger partial charge in [-0.25, -0.2) is 9.78 Å². The van der Waals surface area contributed by atoms with Crippen LogP contribution < -0.4 is 10.6 Å². The summed E-state index contributed by atoms with van der Waals surface area (Å²) in [6, 6.07) is 5.09. The molecule has 6 nitrogen and oxygen atoms in total. The summed E-state index contributed by atoms with van der Waals surface area (Å²) in [6.07, 6.45) is 3.71. The third-order valence-electron chi connectivity index (χ3n) is 3.46. The van der Waals surface area contributed by atoms with E-state index in [1.54, 1.807) is 6.07 Å². The minimum Gasteiger partial charge on any atom is -0.343 e. The van der Waals surface area contributed by atoms with Gasteiger partial charge in [0.2, 0.25) is 5.91 Å². The van der Waals surface area contributed by atoms with Crippen molar-refractivity contribution in [3.8, 4) is 0 Å². The molecule has 1 saturated heterocycles. The van der Waals surface area contributed by atoms with Crippen molar-refractivity contribution in [2.45, 2.75) is 32.6 Å². The maximum absolute atomic E-state index is 11.9. The molecule has 2 heterocycles. The number of carbonyl (C=O) groups excluding carboxylic acids is 2. The maximum Gasteiger partial charge on any atom is 0.320 e. The zero-order valence-corrected chi connectivity index (χ0v) is 12.4. The summed E-state index contributed by atoms with van der Waals surface area (Å²) in [5, 5.41) is 5.33. The number of nitrogens with one attached hydrogen (secondary N) is 2. The fraction of sp³-hybridized carbons (Fsp3) is 0.533. The number of anilines is 1. The topological polar surface area (TPSA) is 74.3 Å². The SMILES string of the molecule is Cc1cccc(NC(=O)NCCC(=O)N2CCCCC2)n1. The van der Waals surface area contributed by atoms with Crippen LogP contribution in [0.1, 0.15) is 31.4 Å². The highest BCUT2D eigenvalue weighted by Gasteiger charge is 2.16. The van der Waals surface area contributed by atoms with Crippen LogP contribution in [0.4, 0.5) is 10.6 Å². The number of nitrogens with zero attached hydrogens (tertiary/aromatic N) is 2. The number of amides is 3. The van der Waals surface area contributed by atoms with Crippen LogP contribution in [-0.4, -0.2) is 41.5 Å². The van der Waals surface area contributed by atoms with E-state index < -0.39 is 0 Å². The number of urea groups is 1. The Balaban J connectivity index is 1.68. The van der Waals surface area contributed by atoms with E-state index in [9.17, 15) is 9.59 Å². The van der Waals surface area contributed by atoms with Crippen molar-refractivity contribution in [1.29, 1.82) is 0 Å². The third-order valence-corrected chi connectivity index (χ3v) is 3.46. The van der Waals surface area contributed by atoms with E-state index in [0.717, 1.165) is 31.6 Å². The van der Waals surface area contributed by atoms with Gasteiger partial charge in [0, 0.05) is 31.7 Å². The number of aryl methyl sites for hydroxylation is 1. The number of hydrogen-bond donors (Lipinski definition) is 2. The fourth-order valence-electron chi connectivity index (χ4n) is 2.36. The lowest BCUT2D eigenvalue weighted by Crippen LogP contribution is -2.38. The van der Waals surface area contributed by atoms with Crippen molar-refractivity contribution < 1.29 is 9.59 Å². The molecule has 114 valence electrons. The van der Waals surface area contributed by atoms with E-state index in [0.29, 0.717) is 18.8 Å². The molecule has 0 saturated carbocycles. The highest BCUT2D eigenvalue weighted by atomic mass is 16.2. The summed E-state index contributed by atoms with van der Waals surface area (Å²) in [7, 11) is 0. The second-order valence-electron chi connectivity index (χ2n) is 5.24. The Morgan fingerprint density at radius 1 is 1.24 bits per heavy atom. The van der Waals surface area contributed by atoms with E-state index in [1.807, 2.05) is 24.0 Å². The van der Waals surface area contributed by atoms with Crippen molar-refractivity contribution in [2.24, 2.45) is 0 Å². The zero-order chi connectivity index (χ0) is 15.1. The van der Waals surface area contributed by atoms with Crippen LogP contribution in [0.15, 0.2) is 18.2 Å². The van der Waals surface area contributed by atoms with E-state index in [4.69, 9.17) is 0 Å². The average molecular weight is 290 g/mol. The van der Waals surface area contributed by atoms with E-state index in [-0.39, 0.29) is 11.9 Å². The molecule has 0 radical (unpaired) electrons. The Morgan fingerprint density at radius 2 is 2.00 bits per heavy atom. The number of hydrogen-bond acceptors (Lipinski definition) is 3. The van der Waals surface area contributed by atoms with Gasteiger partial charge in [-0.05, 0) is 38.3 Å². The second-order valence-corrected chi connectivity index (χ2v) is 5.24. The minimum atomic E-state index is -0.334. The third kappa shape index (κ3) is 5.06. The fourth-order valence-corrected chi connectivity index (χ4v) is 2.36. The van der Waals surface area contributed by atoms with Crippen LogP contribution in [0.25, 0.3) is 0 Å². The van der Waals surface area contributed by atoms with E-state index in [1.165, 1.54) is 6.42 Å². The van der Waals surface area contributed by atoms with Gasteiger partial charge in [0.1, 0.15) is 5.82 Å². The van der Waals surface area contributed by atoms with Gasteiger partial charge in [-0.2, -0.15) is 0 Å². The summed E-state index contributed by atoms with van der Waals surface area (Å²) >= 11 is 0. The van der Waals surface area contributed by atoms with Gasteiger partial charge >= 0.3 is 6.03 Å². The Hall–Kier alpha value is -2.11. The Labute approximate surface area is 124 Å². The molecule has 2 N–H and O–H groups in total. The molecule has 0 spiro atoms. The molecular formula is C15H22N4O2. The quantitative estimate of drug-likeness (QED) is 0.889. The van der Waals surface area contributed by atoms with Crippen LogP contribution in [0.5, 0.6) is 0 Å². The predicted molar refractivity (Wildman–Crippen MR) is 81.0 cm³/mol. The summed E-state index contributed by atoms with van der Waals surface area (Å²) < 4.78 is 0. The van der Waals surface area contributed by atoms with Crippen LogP contribution in [0.3, 0.4) is 0 Å². The predicted octanol–water partition coefficient (Wildman–Crippen LogP) is 1.91. The summed E-state index contributed by atoms with van der Waals surface area (Å²) in [5.41, 5.74) is 0.841. The molecule has 21 heavy (non-hydrogen) atoms. The van der Waals surface area contributed by atoms with Crippen molar-refractivity contribution >= 4 is 17.8 Å². The standard InChI is InChI=1S/C15H22N4O2/c1-12-6-5-7-13(17-12)18-15(21)16-9-8-14(20)19-10-3-2-4-11-19/h5-7H,2-4,8-11H2,1H3,(H2,16,17,18,21). The van der Waals surface area contributed by atoms with Gasteiger partial charge in [-0.3, -0.25) is 10.1 Å². The number of likely N-dealkylation sites (tertiary alicyclic amines) is 1. The lowest BCUT2D eigenvalue weighted by molar-refractivity contribution is -0.131. The minimum absolute atomic E-state index is 0.115. The van der Waals surface area contributed by atoms with Gasteiger partial charge in [0.05, 0.1) is 0 Å². The maximum atomic E-state index is 11.9. The molecule has 3 amide bonds. The zero-order valence-electron chi connectivity index (χ0n) is 12.4. The smallest absolute Gasteiger partial charge is 0.320 e. The molecular weight excluding hydrogens is 268 g/mol. The Morgan fingerprint density at radius 3 is 2.71 bits per heavy atom. The Kier molecular flexibility index (Phi) is 5.54. The molecule has 2 rings (SSSR count). The summed E-state index contributed by atoms with van der Waals surface area (Å²) in [4.78, 5) is 29.7. The van der Waals surface area contributed by atoms with Gasteiger partial charge < -0.3 is 10.2 Å². The van der Waals surface area contributed by atoms with Crippen LogP contribution in [0.2, 0.25) is 0 Å². The van der Waals surface area contributed by atoms with Gasteiger partial charge in [-0.1, -0.05) is 6.07 Å². The van der Waals surface area contributed by atoms with Gasteiger partial charge in [-0.15, -0.1) is 0 Å². The highest BCUT2D eigenvalue weighted by molar-refractivity contribution is 5.88. The molecule has 0 aromatic carbocycles.